The molecule has 2 rings (SSSR count). The van der Waals surface area contributed by atoms with Gasteiger partial charge in [0.25, 0.3) is 5.69 Å². The lowest BCUT2D eigenvalue weighted by Gasteiger charge is -2.13. The van der Waals surface area contributed by atoms with Crippen LogP contribution in [0.5, 0.6) is 0 Å². The molecule has 1 atom stereocenters. The van der Waals surface area contributed by atoms with Gasteiger partial charge in [0.05, 0.1) is 9.93 Å². The number of nitrogens with one attached hydrogen (secondary N) is 1. The van der Waals surface area contributed by atoms with E-state index < -0.39 is 0 Å². The van der Waals surface area contributed by atoms with Gasteiger partial charge in [0, 0.05) is 41.9 Å². The van der Waals surface area contributed by atoms with E-state index >= 15 is 0 Å². The van der Waals surface area contributed by atoms with Crippen LogP contribution in [0.25, 0.3) is 0 Å². The lowest BCUT2D eigenvalue weighted by atomic mass is 10.1. The highest BCUT2D eigenvalue weighted by atomic mass is 32.1. The highest BCUT2D eigenvalue weighted by Crippen LogP contribution is 2.23. The van der Waals surface area contributed by atoms with E-state index in [-0.39, 0.29) is 10.6 Å². The van der Waals surface area contributed by atoms with Crippen LogP contribution in [0.2, 0.25) is 0 Å². The van der Waals surface area contributed by atoms with Gasteiger partial charge in [-0.15, -0.1) is 11.3 Å². The van der Waals surface area contributed by atoms with Crippen LogP contribution < -0.4 is 5.32 Å². The van der Waals surface area contributed by atoms with Crippen molar-refractivity contribution in [3.63, 3.8) is 0 Å². The molecule has 0 aliphatic rings. The second-order valence-corrected chi connectivity index (χ2v) is 5.33. The summed E-state index contributed by atoms with van der Waals surface area (Å²) in [4.78, 5) is 14.6. The normalized spacial score (nSPS) is 12.1. The molecule has 0 spiro atoms. The van der Waals surface area contributed by atoms with Crippen LogP contribution >= 0.6 is 11.3 Å². The third kappa shape index (κ3) is 3.29. The largest absolute Gasteiger partial charge is 0.384 e. The van der Waals surface area contributed by atoms with E-state index in [0.717, 1.165) is 22.8 Å². The van der Waals surface area contributed by atoms with E-state index in [9.17, 15) is 10.1 Å². The number of benzene rings is 1. The van der Waals surface area contributed by atoms with Gasteiger partial charge < -0.3 is 5.32 Å². The summed E-state index contributed by atoms with van der Waals surface area (Å²) >= 11 is 1.64. The molecule has 1 heterocycles. The van der Waals surface area contributed by atoms with Crippen molar-refractivity contribution in [1.29, 1.82) is 0 Å². The maximum absolute atomic E-state index is 10.7. The summed E-state index contributed by atoms with van der Waals surface area (Å²) < 4.78 is 0. The van der Waals surface area contributed by atoms with Crippen LogP contribution in [-0.4, -0.2) is 16.5 Å². The van der Waals surface area contributed by atoms with Crippen LogP contribution in [0.1, 0.15) is 23.4 Å². The summed E-state index contributed by atoms with van der Waals surface area (Å²) in [5, 5.41) is 17.0. The lowest BCUT2D eigenvalue weighted by Crippen LogP contribution is -2.10. The quantitative estimate of drug-likeness (QED) is 0.670. The Kier molecular flexibility index (Phi) is 4.11. The number of rotatable bonds is 5. The number of aromatic nitrogens is 1. The number of thiazole rings is 1. The van der Waals surface area contributed by atoms with Gasteiger partial charge in [0.1, 0.15) is 0 Å². The predicted molar refractivity (Wildman–Crippen MR) is 76.9 cm³/mol. The molecular weight excluding hydrogens is 262 g/mol. The molecule has 100 valence electrons. The van der Waals surface area contributed by atoms with Crippen molar-refractivity contribution in [1.82, 2.24) is 4.98 Å². The first-order valence-electron chi connectivity index (χ1n) is 5.96. The first-order chi connectivity index (χ1) is 9.08. The molecule has 0 bridgehead atoms. The molecule has 6 heteroatoms. The van der Waals surface area contributed by atoms with E-state index in [4.69, 9.17) is 0 Å². The van der Waals surface area contributed by atoms with Crippen LogP contribution in [0.15, 0.2) is 29.8 Å². The molecule has 0 aliphatic heterocycles. The monoisotopic (exact) mass is 277 g/mol. The zero-order valence-corrected chi connectivity index (χ0v) is 11.6. The molecule has 0 fully saturated rings. The van der Waals surface area contributed by atoms with Crippen LogP contribution in [0.3, 0.4) is 0 Å². The fourth-order valence-electron chi connectivity index (χ4n) is 1.79. The minimum absolute atomic E-state index is 0.121. The number of nitro benzene ring substituents is 1. The van der Waals surface area contributed by atoms with Crippen LogP contribution in [-0.2, 0) is 0 Å². The maximum atomic E-state index is 10.7. The van der Waals surface area contributed by atoms with Gasteiger partial charge in [-0.3, -0.25) is 10.1 Å². The van der Waals surface area contributed by atoms with E-state index in [1.807, 2.05) is 12.3 Å². The van der Waals surface area contributed by atoms with Gasteiger partial charge in [0.2, 0.25) is 0 Å². The smallest absolute Gasteiger partial charge is 0.269 e. The Bertz CT molecular complexity index is 569. The summed E-state index contributed by atoms with van der Waals surface area (Å²) in [7, 11) is 0. The van der Waals surface area contributed by atoms with Gasteiger partial charge in [-0.1, -0.05) is 6.92 Å². The van der Waals surface area contributed by atoms with Gasteiger partial charge in [-0.2, -0.15) is 0 Å². The fraction of sp³-hybridized carbons (Fsp3) is 0.308. The third-order valence-electron chi connectivity index (χ3n) is 2.89. The average Bonchev–Trinajstić information content (AvgIpc) is 2.90. The van der Waals surface area contributed by atoms with E-state index in [2.05, 4.69) is 17.2 Å². The lowest BCUT2D eigenvalue weighted by molar-refractivity contribution is -0.384. The molecule has 1 aromatic heterocycles. The summed E-state index contributed by atoms with van der Waals surface area (Å²) in [6, 6.07) is 4.85. The van der Waals surface area contributed by atoms with Crippen molar-refractivity contribution in [3.8, 4) is 0 Å². The van der Waals surface area contributed by atoms with Crippen molar-refractivity contribution in [2.75, 3.05) is 11.9 Å². The zero-order chi connectivity index (χ0) is 13.8. The van der Waals surface area contributed by atoms with Gasteiger partial charge in [-0.25, -0.2) is 4.98 Å². The van der Waals surface area contributed by atoms with E-state index in [1.54, 1.807) is 29.7 Å². The summed E-state index contributed by atoms with van der Waals surface area (Å²) in [6.45, 7) is 4.72. The molecule has 19 heavy (non-hydrogen) atoms. The van der Waals surface area contributed by atoms with Gasteiger partial charge in [0.15, 0.2) is 0 Å². The Morgan fingerprint density at radius 3 is 2.89 bits per heavy atom. The fourth-order valence-corrected chi connectivity index (χ4v) is 2.49. The molecule has 1 aromatic carbocycles. The predicted octanol–water partition coefficient (Wildman–Crippen LogP) is 3.58. The van der Waals surface area contributed by atoms with Gasteiger partial charge in [-0.05, 0) is 18.6 Å². The van der Waals surface area contributed by atoms with E-state index in [1.165, 1.54) is 6.07 Å². The highest BCUT2D eigenvalue weighted by Gasteiger charge is 2.10. The maximum Gasteiger partial charge on any atom is 0.269 e. The zero-order valence-electron chi connectivity index (χ0n) is 10.8. The second-order valence-electron chi connectivity index (χ2n) is 4.41. The number of non-ortho nitro benzene ring substituents is 1. The minimum atomic E-state index is -0.380. The van der Waals surface area contributed by atoms with Crippen molar-refractivity contribution in [3.05, 3.63) is 50.5 Å². The second kappa shape index (κ2) is 5.79. The van der Waals surface area contributed by atoms with Crippen LogP contribution in [0.4, 0.5) is 11.4 Å². The molecule has 1 unspecified atom stereocenters. The van der Waals surface area contributed by atoms with Crippen molar-refractivity contribution < 1.29 is 4.92 Å². The first-order valence-corrected chi connectivity index (χ1v) is 6.84. The number of aryl methyl sites for hydroxylation is 1. The Morgan fingerprint density at radius 2 is 2.32 bits per heavy atom. The number of nitro groups is 1. The summed E-state index contributed by atoms with van der Waals surface area (Å²) in [5.74, 6) is 0.314. The van der Waals surface area contributed by atoms with E-state index in [0.29, 0.717) is 5.92 Å². The Morgan fingerprint density at radius 1 is 1.53 bits per heavy atom. The molecule has 1 N–H and O–H groups in total. The molecule has 0 saturated carbocycles. The molecular formula is C13H15N3O2S. The molecule has 0 radical (unpaired) electrons. The Balaban J connectivity index is 2.02. The molecule has 2 aromatic rings. The van der Waals surface area contributed by atoms with Crippen molar-refractivity contribution >= 4 is 22.7 Å². The first kappa shape index (κ1) is 13.5. The van der Waals surface area contributed by atoms with Crippen molar-refractivity contribution in [2.24, 2.45) is 0 Å². The SMILES string of the molecule is Cc1cc([N+](=O)[O-])ccc1NCC(C)c1nccs1. The molecule has 0 amide bonds. The molecule has 0 aliphatic carbocycles. The summed E-state index contributed by atoms with van der Waals surface area (Å²) in [6.07, 6.45) is 1.80. The number of hydrogen-bond acceptors (Lipinski definition) is 5. The number of anilines is 1. The number of nitrogens with zero attached hydrogens (tertiary/aromatic N) is 2. The Labute approximate surface area is 115 Å². The van der Waals surface area contributed by atoms with Gasteiger partial charge >= 0.3 is 0 Å². The minimum Gasteiger partial charge on any atom is -0.384 e. The topological polar surface area (TPSA) is 68.1 Å². The van der Waals surface area contributed by atoms with Crippen LogP contribution in [0, 0.1) is 17.0 Å². The average molecular weight is 277 g/mol. The standard InChI is InChI=1S/C13H15N3O2S/c1-9-7-11(16(17)18)3-4-12(9)15-8-10(2)13-14-5-6-19-13/h3-7,10,15H,8H2,1-2H3. The Hall–Kier alpha value is -1.95. The molecule has 5 nitrogen and oxygen atoms in total. The van der Waals surface area contributed by atoms with Crippen molar-refractivity contribution in [2.45, 2.75) is 19.8 Å². The third-order valence-corrected chi connectivity index (χ3v) is 3.90. The number of hydrogen-bond donors (Lipinski definition) is 1. The molecule has 0 saturated heterocycles. The highest BCUT2D eigenvalue weighted by molar-refractivity contribution is 7.09. The summed E-state index contributed by atoms with van der Waals surface area (Å²) in [5.41, 5.74) is 1.92.